The molecule has 0 spiro atoms. The molecule has 0 saturated carbocycles. The minimum atomic E-state index is -4.56. The third-order valence-corrected chi connectivity index (χ3v) is 2.85. The van der Waals surface area contributed by atoms with Crippen LogP contribution < -0.4 is 9.47 Å². The fourth-order valence-electron chi connectivity index (χ4n) is 1.95. The topological polar surface area (TPSA) is 38.7 Å². The van der Waals surface area contributed by atoms with Crippen molar-refractivity contribution >= 4 is 0 Å². The van der Waals surface area contributed by atoms with Crippen molar-refractivity contribution in [3.05, 3.63) is 23.3 Å². The Hall–Kier alpha value is -1.43. The Balaban J connectivity index is 2.61. The number of hydrogen-bond donors (Lipinski definition) is 1. The van der Waals surface area contributed by atoms with Gasteiger partial charge in [0.1, 0.15) is 0 Å². The van der Waals surface area contributed by atoms with Crippen molar-refractivity contribution in [2.24, 2.45) is 0 Å². The Bertz CT molecular complexity index is 432. The Morgan fingerprint density at radius 2 is 1.47 bits per heavy atom. The predicted molar refractivity (Wildman–Crippen MR) is 62.3 cm³/mol. The molecule has 106 valence electrons. The number of alkyl halides is 3. The smallest absolute Gasteiger partial charge is 0.416 e. The van der Waals surface area contributed by atoms with Gasteiger partial charge in [0.15, 0.2) is 11.5 Å². The largest absolute Gasteiger partial charge is 0.490 e. The highest BCUT2D eigenvalue weighted by Gasteiger charge is 2.38. The van der Waals surface area contributed by atoms with E-state index in [2.05, 4.69) is 0 Å². The summed E-state index contributed by atoms with van der Waals surface area (Å²) in [6.45, 7) is 3.30. The maximum absolute atomic E-state index is 13.0. The Labute approximate surface area is 108 Å². The summed E-state index contributed by atoms with van der Waals surface area (Å²) in [4.78, 5) is 0. The zero-order valence-corrected chi connectivity index (χ0v) is 10.7. The minimum absolute atomic E-state index is 0.0674. The molecule has 0 atom stereocenters. The summed E-state index contributed by atoms with van der Waals surface area (Å²) < 4.78 is 49.7. The summed E-state index contributed by atoms with van der Waals surface area (Å²) in [5.74, 6) is 0.306. The maximum Gasteiger partial charge on any atom is 0.416 e. The molecule has 0 aromatic heterocycles. The number of halogens is 3. The first kappa shape index (κ1) is 14.0. The molecule has 0 unspecified atom stereocenters. The average Bonchev–Trinajstić information content (AvgIpc) is 2.49. The highest BCUT2D eigenvalue weighted by Crippen LogP contribution is 2.43. The van der Waals surface area contributed by atoms with Gasteiger partial charge in [0, 0.05) is 6.42 Å². The second kappa shape index (κ2) is 4.59. The van der Waals surface area contributed by atoms with Crippen LogP contribution in [0.5, 0.6) is 11.5 Å². The highest BCUT2D eigenvalue weighted by atomic mass is 19.4. The van der Waals surface area contributed by atoms with Gasteiger partial charge in [0.25, 0.3) is 0 Å². The second-order valence-corrected chi connectivity index (χ2v) is 4.95. The zero-order valence-electron chi connectivity index (χ0n) is 10.7. The van der Waals surface area contributed by atoms with Gasteiger partial charge in [-0.05, 0) is 31.5 Å². The lowest BCUT2D eigenvalue weighted by Gasteiger charge is -2.24. The molecule has 6 heteroatoms. The zero-order chi connectivity index (χ0) is 14.3. The first-order valence-corrected chi connectivity index (χ1v) is 5.93. The van der Waals surface area contributed by atoms with Crippen LogP contribution in [-0.4, -0.2) is 18.3 Å². The molecule has 0 radical (unpaired) electrons. The molecule has 1 aliphatic heterocycles. The van der Waals surface area contributed by atoms with E-state index in [4.69, 9.17) is 9.47 Å². The van der Waals surface area contributed by atoms with Crippen molar-refractivity contribution in [2.45, 2.75) is 32.0 Å². The number of fused-ring (bicyclic) bond motifs is 1. The van der Waals surface area contributed by atoms with Crippen LogP contribution in [0, 0.1) is 0 Å². The number of hydrogen-bond acceptors (Lipinski definition) is 3. The summed E-state index contributed by atoms with van der Waals surface area (Å²) in [7, 11) is 0. The predicted octanol–water partition coefficient (Wildman–Crippen LogP) is 3.09. The van der Waals surface area contributed by atoms with Gasteiger partial charge < -0.3 is 14.6 Å². The normalized spacial score (nSPS) is 16.1. The molecule has 0 bridgehead atoms. The molecule has 1 heterocycles. The molecule has 0 amide bonds. The van der Waals surface area contributed by atoms with E-state index in [-0.39, 0.29) is 17.1 Å². The van der Waals surface area contributed by atoms with E-state index in [9.17, 15) is 18.3 Å². The van der Waals surface area contributed by atoms with Crippen LogP contribution in [0.1, 0.15) is 31.4 Å². The lowest BCUT2D eigenvalue weighted by atomic mass is 9.92. The van der Waals surface area contributed by atoms with E-state index < -0.39 is 17.3 Å². The summed E-state index contributed by atoms with van der Waals surface area (Å²) in [6.07, 6.45) is -3.95. The third kappa shape index (κ3) is 2.94. The van der Waals surface area contributed by atoms with E-state index in [0.717, 1.165) is 6.07 Å². The fourth-order valence-corrected chi connectivity index (χ4v) is 1.95. The molecule has 0 fully saturated rings. The molecule has 1 aromatic rings. The molecule has 0 saturated heterocycles. The molecule has 1 aliphatic rings. The van der Waals surface area contributed by atoms with Gasteiger partial charge in [0.2, 0.25) is 0 Å². The van der Waals surface area contributed by atoms with E-state index in [1.165, 1.54) is 19.9 Å². The van der Waals surface area contributed by atoms with Gasteiger partial charge >= 0.3 is 6.18 Å². The first-order chi connectivity index (χ1) is 8.69. The molecular weight excluding hydrogens is 261 g/mol. The van der Waals surface area contributed by atoms with Crippen molar-refractivity contribution in [2.75, 3.05) is 13.2 Å². The lowest BCUT2D eigenvalue weighted by molar-refractivity contribution is -0.140. The van der Waals surface area contributed by atoms with Crippen LogP contribution in [0.15, 0.2) is 12.1 Å². The standard InChI is InChI=1S/C13H15F3O3/c1-12(2,17)8-6-10-11(19-5-3-4-18-10)7-9(8)13(14,15)16/h6-7,17H,3-5H2,1-2H3. The van der Waals surface area contributed by atoms with E-state index in [1.807, 2.05) is 0 Å². The number of rotatable bonds is 1. The van der Waals surface area contributed by atoms with Crippen LogP contribution in [0.2, 0.25) is 0 Å². The number of ether oxygens (including phenoxy) is 2. The van der Waals surface area contributed by atoms with Crippen LogP contribution in [0.25, 0.3) is 0 Å². The van der Waals surface area contributed by atoms with Crippen LogP contribution in [0.4, 0.5) is 13.2 Å². The van der Waals surface area contributed by atoms with E-state index in [1.54, 1.807) is 0 Å². The molecule has 2 rings (SSSR count). The van der Waals surface area contributed by atoms with Gasteiger partial charge in [-0.1, -0.05) is 0 Å². The van der Waals surface area contributed by atoms with Crippen LogP contribution in [-0.2, 0) is 11.8 Å². The lowest BCUT2D eigenvalue weighted by Crippen LogP contribution is -2.22. The van der Waals surface area contributed by atoms with Gasteiger partial charge in [0.05, 0.1) is 24.4 Å². The average molecular weight is 276 g/mol. The third-order valence-electron chi connectivity index (χ3n) is 2.85. The van der Waals surface area contributed by atoms with Crippen molar-refractivity contribution in [3.8, 4) is 11.5 Å². The summed E-state index contributed by atoms with van der Waals surface area (Å²) in [6, 6.07) is 2.11. The molecule has 0 aliphatic carbocycles. The van der Waals surface area contributed by atoms with Crippen molar-refractivity contribution in [3.63, 3.8) is 0 Å². The molecule has 19 heavy (non-hydrogen) atoms. The molecule has 3 nitrogen and oxygen atoms in total. The van der Waals surface area contributed by atoms with Crippen molar-refractivity contribution in [1.29, 1.82) is 0 Å². The number of aliphatic hydroxyl groups is 1. The maximum atomic E-state index is 13.0. The van der Waals surface area contributed by atoms with E-state index >= 15 is 0 Å². The van der Waals surface area contributed by atoms with Gasteiger partial charge in [-0.15, -0.1) is 0 Å². The van der Waals surface area contributed by atoms with Gasteiger partial charge in [-0.3, -0.25) is 0 Å². The quantitative estimate of drug-likeness (QED) is 0.856. The summed E-state index contributed by atoms with van der Waals surface area (Å²) >= 11 is 0. The Morgan fingerprint density at radius 3 is 1.89 bits per heavy atom. The summed E-state index contributed by atoms with van der Waals surface area (Å²) in [5.41, 5.74) is -2.73. The fraction of sp³-hybridized carbons (Fsp3) is 0.538. The Kier molecular flexibility index (Phi) is 3.38. The van der Waals surface area contributed by atoms with Gasteiger partial charge in [-0.25, -0.2) is 0 Å². The first-order valence-electron chi connectivity index (χ1n) is 5.93. The number of benzene rings is 1. The molecular formula is C13H15F3O3. The SMILES string of the molecule is CC(C)(O)c1cc2c(cc1C(F)(F)F)OCCCO2. The molecule has 1 aromatic carbocycles. The molecule has 1 N–H and O–H groups in total. The van der Waals surface area contributed by atoms with Crippen LogP contribution in [0.3, 0.4) is 0 Å². The van der Waals surface area contributed by atoms with Crippen LogP contribution >= 0.6 is 0 Å². The monoisotopic (exact) mass is 276 g/mol. The van der Waals surface area contributed by atoms with Gasteiger partial charge in [-0.2, -0.15) is 13.2 Å². The minimum Gasteiger partial charge on any atom is -0.490 e. The van der Waals surface area contributed by atoms with Crippen molar-refractivity contribution < 1.29 is 27.8 Å². The highest BCUT2D eigenvalue weighted by molar-refractivity contribution is 5.50. The Morgan fingerprint density at radius 1 is 1.00 bits per heavy atom. The van der Waals surface area contributed by atoms with E-state index in [0.29, 0.717) is 19.6 Å². The second-order valence-electron chi connectivity index (χ2n) is 4.95. The summed E-state index contributed by atoms with van der Waals surface area (Å²) in [5, 5.41) is 9.91. The van der Waals surface area contributed by atoms with Crippen molar-refractivity contribution in [1.82, 2.24) is 0 Å².